The molecule has 1 aromatic carbocycles. The van der Waals surface area contributed by atoms with Crippen LogP contribution in [-0.4, -0.2) is 24.2 Å². The predicted octanol–water partition coefficient (Wildman–Crippen LogP) is 2.73. The summed E-state index contributed by atoms with van der Waals surface area (Å²) < 4.78 is 4.42. The second kappa shape index (κ2) is 6.68. The molecule has 1 aromatic rings. The zero-order valence-electron chi connectivity index (χ0n) is 9.81. The summed E-state index contributed by atoms with van der Waals surface area (Å²) in [5.41, 5.74) is 0.0202. The third kappa shape index (κ3) is 3.90. The Balaban J connectivity index is 0.000000302. The fraction of sp³-hybridized carbons (Fsp3) is 0.385. The third-order valence-corrected chi connectivity index (χ3v) is 2.56. The molecule has 4 heteroatoms. The monoisotopic (exact) mass is 236 g/mol. The first-order valence-electron chi connectivity index (χ1n) is 5.57. The lowest BCUT2D eigenvalue weighted by Crippen LogP contribution is -2.09. The molecule has 0 saturated heterocycles. The van der Waals surface area contributed by atoms with Crippen LogP contribution < -0.4 is 0 Å². The van der Waals surface area contributed by atoms with Crippen LogP contribution in [0.1, 0.15) is 46.4 Å². The van der Waals surface area contributed by atoms with Gasteiger partial charge in [-0.2, -0.15) is 0 Å². The van der Waals surface area contributed by atoms with Gasteiger partial charge < -0.3 is 9.84 Å². The van der Waals surface area contributed by atoms with Crippen molar-refractivity contribution in [3.05, 3.63) is 35.4 Å². The summed E-state index contributed by atoms with van der Waals surface area (Å²) in [6.45, 7) is 0. The topological polar surface area (TPSA) is 63.6 Å². The van der Waals surface area contributed by atoms with E-state index in [1.54, 1.807) is 12.1 Å². The molecule has 4 nitrogen and oxygen atoms in total. The minimum Gasteiger partial charge on any atom is -0.478 e. The number of carboxylic acids is 1. The van der Waals surface area contributed by atoms with Crippen LogP contribution in [0.2, 0.25) is 0 Å². The number of carbonyl (C=O) groups excluding carboxylic acids is 1. The molecule has 0 radical (unpaired) electrons. The standard InChI is InChI=1S/C9H8O4.C4H8/c1-13-9(12)7-5-3-2-4-6(7)8(10)11;1-2-4-3-1/h2-5H,1H3,(H,10,11);1-4H2. The second-order valence-corrected chi connectivity index (χ2v) is 3.76. The maximum Gasteiger partial charge on any atom is 0.338 e. The van der Waals surface area contributed by atoms with Crippen LogP contribution in [0.25, 0.3) is 0 Å². The van der Waals surface area contributed by atoms with Crippen molar-refractivity contribution in [2.75, 3.05) is 7.11 Å². The molecule has 0 unspecified atom stereocenters. The van der Waals surface area contributed by atoms with E-state index in [0.29, 0.717) is 0 Å². The van der Waals surface area contributed by atoms with Crippen molar-refractivity contribution in [3.63, 3.8) is 0 Å². The van der Waals surface area contributed by atoms with Gasteiger partial charge in [-0.3, -0.25) is 0 Å². The molecular weight excluding hydrogens is 220 g/mol. The van der Waals surface area contributed by atoms with E-state index in [4.69, 9.17) is 5.11 Å². The van der Waals surface area contributed by atoms with Crippen molar-refractivity contribution in [2.24, 2.45) is 0 Å². The Morgan fingerprint density at radius 1 is 1.06 bits per heavy atom. The molecule has 1 fully saturated rings. The summed E-state index contributed by atoms with van der Waals surface area (Å²) in [4.78, 5) is 21.7. The van der Waals surface area contributed by atoms with Gasteiger partial charge in [-0.1, -0.05) is 37.8 Å². The van der Waals surface area contributed by atoms with E-state index in [0.717, 1.165) is 0 Å². The van der Waals surface area contributed by atoms with Crippen LogP contribution in [0.5, 0.6) is 0 Å². The first kappa shape index (κ1) is 13.2. The Labute approximate surface area is 100 Å². The molecule has 0 spiro atoms. The number of esters is 1. The smallest absolute Gasteiger partial charge is 0.338 e. The average molecular weight is 236 g/mol. The molecule has 1 aliphatic rings. The molecule has 1 saturated carbocycles. The van der Waals surface area contributed by atoms with Crippen molar-refractivity contribution in [1.82, 2.24) is 0 Å². The normalized spacial score (nSPS) is 12.8. The number of methoxy groups -OCH3 is 1. The molecule has 17 heavy (non-hydrogen) atoms. The molecule has 0 heterocycles. The molecule has 2 rings (SSSR count). The Morgan fingerprint density at radius 3 is 1.88 bits per heavy atom. The molecular formula is C13H16O4. The molecule has 1 N–H and O–H groups in total. The van der Waals surface area contributed by atoms with E-state index < -0.39 is 11.9 Å². The Morgan fingerprint density at radius 2 is 1.53 bits per heavy atom. The Bertz CT molecular complexity index is 390. The highest BCUT2D eigenvalue weighted by Gasteiger charge is 2.15. The molecule has 0 aliphatic heterocycles. The van der Waals surface area contributed by atoms with Gasteiger partial charge in [0, 0.05) is 0 Å². The molecule has 0 bridgehead atoms. The Kier molecular flexibility index (Phi) is 5.20. The van der Waals surface area contributed by atoms with E-state index in [-0.39, 0.29) is 11.1 Å². The summed E-state index contributed by atoms with van der Waals surface area (Å²) in [6, 6.07) is 5.90. The zero-order chi connectivity index (χ0) is 12.7. The fourth-order valence-electron chi connectivity index (χ4n) is 1.21. The molecule has 92 valence electrons. The van der Waals surface area contributed by atoms with Gasteiger partial charge in [-0.25, -0.2) is 9.59 Å². The number of hydrogen-bond donors (Lipinski definition) is 1. The van der Waals surface area contributed by atoms with Crippen molar-refractivity contribution >= 4 is 11.9 Å². The average Bonchev–Trinajstić information content (AvgIpc) is 2.25. The van der Waals surface area contributed by atoms with Crippen LogP contribution in [-0.2, 0) is 4.74 Å². The lowest BCUT2D eigenvalue weighted by molar-refractivity contribution is 0.0582. The minimum absolute atomic E-state index is 0.0469. The predicted molar refractivity (Wildman–Crippen MR) is 63.2 cm³/mol. The summed E-state index contributed by atoms with van der Waals surface area (Å²) in [7, 11) is 1.21. The van der Waals surface area contributed by atoms with Gasteiger partial charge >= 0.3 is 11.9 Å². The SMILES string of the molecule is C1CCC1.COC(=O)c1ccccc1C(=O)O. The van der Waals surface area contributed by atoms with Crippen molar-refractivity contribution in [3.8, 4) is 0 Å². The molecule has 1 aliphatic carbocycles. The van der Waals surface area contributed by atoms with Crippen molar-refractivity contribution < 1.29 is 19.4 Å². The van der Waals surface area contributed by atoms with Gasteiger partial charge in [0.25, 0.3) is 0 Å². The minimum atomic E-state index is -1.14. The second-order valence-electron chi connectivity index (χ2n) is 3.76. The van der Waals surface area contributed by atoms with Crippen LogP contribution in [0.15, 0.2) is 24.3 Å². The zero-order valence-corrected chi connectivity index (χ0v) is 9.81. The number of aromatic carboxylic acids is 1. The van der Waals surface area contributed by atoms with E-state index in [9.17, 15) is 9.59 Å². The molecule has 0 atom stereocenters. The number of ether oxygens (including phenoxy) is 1. The number of rotatable bonds is 2. The number of benzene rings is 1. The van der Waals surface area contributed by atoms with Gasteiger partial charge in [-0.05, 0) is 12.1 Å². The van der Waals surface area contributed by atoms with Crippen molar-refractivity contribution in [1.29, 1.82) is 0 Å². The maximum absolute atomic E-state index is 11.1. The number of hydrogen-bond acceptors (Lipinski definition) is 3. The fourth-order valence-corrected chi connectivity index (χ4v) is 1.21. The lowest BCUT2D eigenvalue weighted by atomic mass is 10.0. The highest BCUT2D eigenvalue weighted by atomic mass is 16.5. The van der Waals surface area contributed by atoms with Crippen LogP contribution >= 0.6 is 0 Å². The van der Waals surface area contributed by atoms with Crippen LogP contribution in [0, 0.1) is 0 Å². The first-order valence-corrected chi connectivity index (χ1v) is 5.57. The summed E-state index contributed by atoms with van der Waals surface area (Å²) >= 11 is 0. The van der Waals surface area contributed by atoms with Crippen LogP contribution in [0.4, 0.5) is 0 Å². The first-order chi connectivity index (χ1) is 8.16. The van der Waals surface area contributed by atoms with E-state index in [1.807, 2.05) is 0 Å². The maximum atomic E-state index is 11.1. The summed E-state index contributed by atoms with van der Waals surface area (Å²) in [5.74, 6) is -1.78. The van der Waals surface area contributed by atoms with E-state index >= 15 is 0 Å². The number of carboxylic acid groups (broad SMARTS) is 1. The highest BCUT2D eigenvalue weighted by molar-refractivity contribution is 6.02. The largest absolute Gasteiger partial charge is 0.478 e. The van der Waals surface area contributed by atoms with Gasteiger partial charge in [0.05, 0.1) is 18.2 Å². The summed E-state index contributed by atoms with van der Waals surface area (Å²) in [5, 5.41) is 8.70. The third-order valence-electron chi connectivity index (χ3n) is 2.56. The van der Waals surface area contributed by atoms with Gasteiger partial charge in [0.15, 0.2) is 0 Å². The van der Waals surface area contributed by atoms with Crippen molar-refractivity contribution in [2.45, 2.75) is 25.7 Å². The number of carbonyl (C=O) groups is 2. The van der Waals surface area contributed by atoms with E-state index in [2.05, 4.69) is 4.74 Å². The molecule has 0 amide bonds. The van der Waals surface area contributed by atoms with Gasteiger partial charge in [0.1, 0.15) is 0 Å². The van der Waals surface area contributed by atoms with Gasteiger partial charge in [0.2, 0.25) is 0 Å². The van der Waals surface area contributed by atoms with Crippen LogP contribution in [0.3, 0.4) is 0 Å². The lowest BCUT2D eigenvalue weighted by Gasteiger charge is -2.05. The quantitative estimate of drug-likeness (QED) is 0.802. The Hall–Kier alpha value is -1.84. The highest BCUT2D eigenvalue weighted by Crippen LogP contribution is 2.15. The van der Waals surface area contributed by atoms with E-state index in [1.165, 1.54) is 44.9 Å². The molecule has 0 aromatic heterocycles. The van der Waals surface area contributed by atoms with Gasteiger partial charge in [-0.15, -0.1) is 0 Å². The summed E-state index contributed by atoms with van der Waals surface area (Å²) in [6.07, 6.45) is 6.00.